The van der Waals surface area contributed by atoms with E-state index in [1.807, 2.05) is 54.1 Å². The lowest BCUT2D eigenvalue weighted by atomic mass is 9.99. The van der Waals surface area contributed by atoms with Gasteiger partial charge in [0.1, 0.15) is 11.8 Å². The largest absolute Gasteiger partial charge is 0.497 e. The first-order valence-electron chi connectivity index (χ1n) is 14.0. The molecule has 1 saturated heterocycles. The Morgan fingerprint density at radius 2 is 1.63 bits per heavy atom. The third-order valence-corrected chi connectivity index (χ3v) is 7.95. The smallest absolute Gasteiger partial charge is 0.253 e. The molecule has 1 unspecified atom stereocenters. The highest BCUT2D eigenvalue weighted by Crippen LogP contribution is 2.29. The van der Waals surface area contributed by atoms with Gasteiger partial charge in [-0.25, -0.2) is 4.68 Å². The zero-order valence-corrected chi connectivity index (χ0v) is 23.7. The van der Waals surface area contributed by atoms with Crippen molar-refractivity contribution in [3.05, 3.63) is 117 Å². The fourth-order valence-corrected chi connectivity index (χ4v) is 5.84. The van der Waals surface area contributed by atoms with E-state index in [0.717, 1.165) is 66.1 Å². The first-order valence-corrected chi connectivity index (χ1v) is 14.0. The Kier molecular flexibility index (Phi) is 7.63. The fourth-order valence-electron chi connectivity index (χ4n) is 5.84. The number of nitrogens with zero attached hydrogens (tertiary/aromatic N) is 6. The molecule has 0 saturated carbocycles. The van der Waals surface area contributed by atoms with Crippen LogP contribution in [0.5, 0.6) is 5.75 Å². The molecule has 0 aliphatic carbocycles. The van der Waals surface area contributed by atoms with Crippen molar-refractivity contribution in [3.63, 3.8) is 0 Å². The van der Waals surface area contributed by atoms with Crippen molar-refractivity contribution in [2.24, 2.45) is 0 Å². The molecule has 0 radical (unpaired) electrons. The summed E-state index contributed by atoms with van der Waals surface area (Å²) in [5.41, 5.74) is 5.99. The molecule has 1 atom stereocenters. The van der Waals surface area contributed by atoms with E-state index in [0.29, 0.717) is 17.9 Å². The van der Waals surface area contributed by atoms with Gasteiger partial charge in [-0.05, 0) is 70.8 Å². The van der Waals surface area contributed by atoms with Crippen molar-refractivity contribution in [1.29, 1.82) is 0 Å². The van der Waals surface area contributed by atoms with Gasteiger partial charge in [0.05, 0.1) is 13.7 Å². The van der Waals surface area contributed by atoms with Crippen LogP contribution in [0.4, 0.5) is 0 Å². The van der Waals surface area contributed by atoms with Gasteiger partial charge in [0.15, 0.2) is 5.82 Å². The number of methoxy groups -OCH3 is 1. The molecule has 0 spiro atoms. The Hall–Kier alpha value is -4.34. The number of piperazine rings is 1. The van der Waals surface area contributed by atoms with E-state index in [1.54, 1.807) is 7.11 Å². The lowest BCUT2D eigenvalue weighted by molar-refractivity contribution is 0.0998. The van der Waals surface area contributed by atoms with Crippen molar-refractivity contribution in [1.82, 2.24) is 35.0 Å². The average molecular weight is 550 g/mol. The van der Waals surface area contributed by atoms with Crippen LogP contribution < -0.4 is 10.3 Å². The van der Waals surface area contributed by atoms with Gasteiger partial charge >= 0.3 is 0 Å². The van der Waals surface area contributed by atoms with E-state index < -0.39 is 6.04 Å². The Labute approximate surface area is 239 Å². The molecule has 3 heterocycles. The molecule has 1 aliphatic rings. The normalized spacial score (nSPS) is 15.3. The lowest BCUT2D eigenvalue weighted by Crippen LogP contribution is -2.48. The predicted molar refractivity (Wildman–Crippen MR) is 159 cm³/mol. The maximum Gasteiger partial charge on any atom is 0.253 e. The Balaban J connectivity index is 1.36. The summed E-state index contributed by atoms with van der Waals surface area (Å²) in [5, 5.41) is 14.0. The van der Waals surface area contributed by atoms with Gasteiger partial charge in [0, 0.05) is 49.2 Å². The molecule has 210 valence electrons. The summed E-state index contributed by atoms with van der Waals surface area (Å²) in [4.78, 5) is 21.7. The van der Waals surface area contributed by atoms with Crippen LogP contribution in [0.2, 0.25) is 0 Å². The number of ether oxygens (including phenoxy) is 1. The summed E-state index contributed by atoms with van der Waals surface area (Å²) in [6.07, 6.45) is 0. The monoisotopic (exact) mass is 549 g/mol. The molecule has 1 aliphatic heterocycles. The highest BCUT2D eigenvalue weighted by Gasteiger charge is 2.33. The number of hydrogen-bond donors (Lipinski definition) is 1. The van der Waals surface area contributed by atoms with Crippen LogP contribution in [0.25, 0.3) is 10.9 Å². The van der Waals surface area contributed by atoms with E-state index >= 15 is 0 Å². The van der Waals surface area contributed by atoms with Crippen molar-refractivity contribution >= 4 is 10.9 Å². The highest BCUT2D eigenvalue weighted by molar-refractivity contribution is 5.83. The zero-order valence-electron chi connectivity index (χ0n) is 23.7. The molecular weight excluding hydrogens is 514 g/mol. The number of aromatic amines is 1. The average Bonchev–Trinajstić information content (AvgIpc) is 3.43. The SMILES string of the molecule is COc1ccc(Cn2nnnc2C(c2cc3c(C)cc(C)cc3[nH]c2=O)N2CCN(Cc3ccccc3)CC2)cc1. The van der Waals surface area contributed by atoms with Crippen molar-refractivity contribution < 1.29 is 4.74 Å². The summed E-state index contributed by atoms with van der Waals surface area (Å²) in [5.74, 6) is 1.46. The third-order valence-electron chi connectivity index (χ3n) is 7.95. The Bertz CT molecular complexity index is 1690. The number of H-pyrrole nitrogens is 1. The maximum atomic E-state index is 13.7. The van der Waals surface area contributed by atoms with Gasteiger partial charge in [0.2, 0.25) is 0 Å². The second-order valence-electron chi connectivity index (χ2n) is 10.8. The molecule has 9 heteroatoms. The summed E-state index contributed by atoms with van der Waals surface area (Å²) in [7, 11) is 1.66. The minimum absolute atomic E-state index is 0.113. The van der Waals surface area contributed by atoms with E-state index in [9.17, 15) is 4.79 Å². The third kappa shape index (κ3) is 5.77. The number of fused-ring (bicyclic) bond motifs is 1. The van der Waals surface area contributed by atoms with Crippen LogP contribution in [0, 0.1) is 13.8 Å². The minimum Gasteiger partial charge on any atom is -0.497 e. The van der Waals surface area contributed by atoms with Gasteiger partial charge < -0.3 is 9.72 Å². The van der Waals surface area contributed by atoms with Crippen LogP contribution in [-0.2, 0) is 13.1 Å². The Morgan fingerprint density at radius 1 is 0.902 bits per heavy atom. The van der Waals surface area contributed by atoms with Crippen LogP contribution >= 0.6 is 0 Å². The maximum absolute atomic E-state index is 13.7. The summed E-state index contributed by atoms with van der Waals surface area (Å²) < 4.78 is 7.13. The van der Waals surface area contributed by atoms with Crippen LogP contribution in [0.1, 0.15) is 39.7 Å². The second kappa shape index (κ2) is 11.6. The van der Waals surface area contributed by atoms with Crippen LogP contribution in [0.15, 0.2) is 77.6 Å². The standard InChI is InChI=1S/C32H35N7O2/c1-22-17-23(2)27-19-28(32(40)33-29(27)18-22)30(38-15-13-37(14-16-38)20-24-7-5-4-6-8-24)31-34-35-36-39(31)21-25-9-11-26(41-3)12-10-25/h4-12,17-19,30H,13-16,20-21H2,1-3H3,(H,33,40). The molecule has 41 heavy (non-hydrogen) atoms. The number of aryl methyl sites for hydroxylation is 2. The van der Waals surface area contributed by atoms with Gasteiger partial charge in [-0.15, -0.1) is 5.10 Å². The molecule has 5 aromatic rings. The van der Waals surface area contributed by atoms with Gasteiger partial charge in [-0.2, -0.15) is 0 Å². The molecule has 0 amide bonds. The lowest BCUT2D eigenvalue weighted by Gasteiger charge is -2.38. The summed E-state index contributed by atoms with van der Waals surface area (Å²) in [6, 6.07) is 24.3. The van der Waals surface area contributed by atoms with Crippen molar-refractivity contribution in [2.75, 3.05) is 33.3 Å². The zero-order chi connectivity index (χ0) is 28.3. The molecular formula is C32H35N7O2. The van der Waals surface area contributed by atoms with Crippen LogP contribution in [0.3, 0.4) is 0 Å². The second-order valence-corrected chi connectivity index (χ2v) is 10.8. The molecule has 1 N–H and O–H groups in total. The molecule has 9 nitrogen and oxygen atoms in total. The molecule has 1 fully saturated rings. The van der Waals surface area contributed by atoms with Gasteiger partial charge in [-0.1, -0.05) is 48.5 Å². The van der Waals surface area contributed by atoms with Gasteiger partial charge in [-0.3, -0.25) is 14.6 Å². The summed E-state index contributed by atoms with van der Waals surface area (Å²) >= 11 is 0. The minimum atomic E-state index is -0.393. The van der Waals surface area contributed by atoms with Crippen LogP contribution in [-0.4, -0.2) is 68.3 Å². The number of tetrazole rings is 1. The molecule has 0 bridgehead atoms. The number of nitrogens with one attached hydrogen (secondary N) is 1. The number of benzene rings is 3. The van der Waals surface area contributed by atoms with Crippen molar-refractivity contribution in [2.45, 2.75) is 33.0 Å². The van der Waals surface area contributed by atoms with E-state index in [-0.39, 0.29) is 5.56 Å². The first-order chi connectivity index (χ1) is 20.0. The number of aromatic nitrogens is 5. The summed E-state index contributed by atoms with van der Waals surface area (Å²) in [6.45, 7) is 8.87. The molecule has 6 rings (SSSR count). The molecule has 2 aromatic heterocycles. The van der Waals surface area contributed by atoms with E-state index in [4.69, 9.17) is 4.74 Å². The quantitative estimate of drug-likeness (QED) is 0.312. The topological polar surface area (TPSA) is 92.2 Å². The number of pyridine rings is 1. The number of rotatable bonds is 8. The predicted octanol–water partition coefficient (Wildman–Crippen LogP) is 4.10. The van der Waals surface area contributed by atoms with Gasteiger partial charge in [0.25, 0.3) is 5.56 Å². The Morgan fingerprint density at radius 3 is 2.37 bits per heavy atom. The van der Waals surface area contributed by atoms with E-state index in [2.05, 4.69) is 67.6 Å². The number of hydrogen-bond acceptors (Lipinski definition) is 7. The van der Waals surface area contributed by atoms with Crippen molar-refractivity contribution in [3.8, 4) is 5.75 Å². The molecule has 3 aromatic carbocycles. The first kappa shape index (κ1) is 26.9. The fraction of sp³-hybridized carbons (Fsp3) is 0.312. The van der Waals surface area contributed by atoms with E-state index in [1.165, 1.54) is 5.56 Å². The highest BCUT2D eigenvalue weighted by atomic mass is 16.5.